The normalized spacial score (nSPS) is 24.3. The highest BCUT2D eigenvalue weighted by atomic mass is 35.5. The summed E-state index contributed by atoms with van der Waals surface area (Å²) in [7, 11) is 0. The largest absolute Gasteiger partial charge is 0.444 e. The average molecular weight is 602 g/mol. The van der Waals surface area contributed by atoms with Crippen LogP contribution in [0, 0.1) is 11.4 Å². The fraction of sp³-hybridized carbons (Fsp3) is 0.621. The van der Waals surface area contributed by atoms with Crippen molar-refractivity contribution >= 4 is 34.7 Å². The SMILES string of the molecule is C[C@@H]1OCC2(CCN(c3cnc4c(-c5ccnc(F)c5Cl)nn(C5CCCCO5)c4n3)CC2)[C@@H]1NC(=O)OC(C)(C)C. The summed E-state index contributed by atoms with van der Waals surface area (Å²) in [5.41, 5.74) is 1.16. The molecule has 3 fully saturated rings. The van der Waals surface area contributed by atoms with Crippen molar-refractivity contribution in [2.45, 2.75) is 83.8 Å². The minimum Gasteiger partial charge on any atom is -0.444 e. The molecular formula is C29H37ClFN7O4. The molecule has 3 saturated heterocycles. The van der Waals surface area contributed by atoms with Gasteiger partial charge in [-0.15, -0.1) is 0 Å². The molecule has 42 heavy (non-hydrogen) atoms. The number of halogens is 2. The van der Waals surface area contributed by atoms with Crippen LogP contribution in [0.1, 0.15) is 66.0 Å². The van der Waals surface area contributed by atoms with Crippen LogP contribution < -0.4 is 10.2 Å². The van der Waals surface area contributed by atoms with Gasteiger partial charge in [0.05, 0.1) is 24.9 Å². The van der Waals surface area contributed by atoms with Gasteiger partial charge < -0.3 is 24.4 Å². The molecule has 3 aromatic rings. The summed E-state index contributed by atoms with van der Waals surface area (Å²) >= 11 is 6.30. The standard InChI is InChI=1S/C29H37ClFN7O4/c1-17-24(35-27(39)42-28(2,3)4)29(16-41-17)9-12-37(13-10-29)19-15-33-23-22(18-8-11-32-25(31)21(18)30)36-38(26(23)34-19)20-7-5-6-14-40-20/h8,11,15,17,20,24H,5-7,9-10,12-14,16H2,1-4H3,(H,35,39)/t17-,20?,24+/m0/s1. The second-order valence-corrected chi connectivity index (χ2v) is 12.8. The summed E-state index contributed by atoms with van der Waals surface area (Å²) < 4.78 is 33.7. The van der Waals surface area contributed by atoms with Gasteiger partial charge in [-0.3, -0.25) is 0 Å². The van der Waals surface area contributed by atoms with Crippen molar-refractivity contribution in [2.75, 3.05) is 31.2 Å². The number of carbonyl (C=O) groups is 1. The van der Waals surface area contributed by atoms with Crippen LogP contribution in [-0.4, -0.2) is 74.9 Å². The number of pyridine rings is 1. The van der Waals surface area contributed by atoms with E-state index in [-0.39, 0.29) is 28.8 Å². The highest BCUT2D eigenvalue weighted by Gasteiger charge is 2.50. The maximum Gasteiger partial charge on any atom is 0.407 e. The molecule has 6 rings (SSSR count). The van der Waals surface area contributed by atoms with Crippen molar-refractivity contribution in [3.8, 4) is 11.3 Å². The highest BCUT2D eigenvalue weighted by Crippen LogP contribution is 2.43. The van der Waals surface area contributed by atoms with Gasteiger partial charge in [0.1, 0.15) is 27.7 Å². The lowest BCUT2D eigenvalue weighted by atomic mass is 9.73. The Morgan fingerprint density at radius 2 is 2.00 bits per heavy atom. The smallest absolute Gasteiger partial charge is 0.407 e. The van der Waals surface area contributed by atoms with Crippen LogP contribution in [0.5, 0.6) is 0 Å². The molecule has 0 saturated carbocycles. The van der Waals surface area contributed by atoms with E-state index in [9.17, 15) is 9.18 Å². The quantitative estimate of drug-likeness (QED) is 0.399. The van der Waals surface area contributed by atoms with Crippen LogP contribution in [0.2, 0.25) is 5.02 Å². The maximum atomic E-state index is 14.3. The van der Waals surface area contributed by atoms with E-state index in [1.807, 2.05) is 27.7 Å². The fourth-order valence-corrected chi connectivity index (χ4v) is 6.48. The molecule has 3 aromatic heterocycles. The number of nitrogens with one attached hydrogen (secondary N) is 1. The van der Waals surface area contributed by atoms with Gasteiger partial charge in [0.15, 0.2) is 11.9 Å². The number of piperidine rings is 1. The van der Waals surface area contributed by atoms with E-state index < -0.39 is 17.6 Å². The van der Waals surface area contributed by atoms with Gasteiger partial charge in [0.25, 0.3) is 0 Å². The lowest BCUT2D eigenvalue weighted by Gasteiger charge is -2.42. The van der Waals surface area contributed by atoms with Crippen molar-refractivity contribution < 1.29 is 23.4 Å². The molecule has 0 aliphatic carbocycles. The number of amides is 1. The van der Waals surface area contributed by atoms with E-state index in [0.29, 0.717) is 48.7 Å². The van der Waals surface area contributed by atoms with Crippen LogP contribution in [-0.2, 0) is 14.2 Å². The van der Waals surface area contributed by atoms with E-state index in [2.05, 4.69) is 15.2 Å². The number of nitrogens with zero attached hydrogens (tertiary/aromatic N) is 6. The molecule has 3 atom stereocenters. The van der Waals surface area contributed by atoms with Gasteiger partial charge in [-0.25, -0.2) is 24.4 Å². The van der Waals surface area contributed by atoms with Gasteiger partial charge >= 0.3 is 6.09 Å². The Bertz CT molecular complexity index is 1460. The first-order chi connectivity index (χ1) is 20.0. The number of anilines is 1. The Morgan fingerprint density at radius 3 is 2.71 bits per heavy atom. The van der Waals surface area contributed by atoms with Gasteiger partial charge in [0, 0.05) is 36.9 Å². The summed E-state index contributed by atoms with van der Waals surface area (Å²) in [6, 6.07) is 1.48. The topological polar surface area (TPSA) is 117 Å². The first kappa shape index (κ1) is 29.0. The molecule has 3 aliphatic rings. The van der Waals surface area contributed by atoms with E-state index in [1.54, 1.807) is 16.9 Å². The van der Waals surface area contributed by atoms with Gasteiger partial charge in [-0.2, -0.15) is 9.49 Å². The Balaban J connectivity index is 1.27. The number of carbonyl (C=O) groups excluding carboxylic acids is 1. The first-order valence-electron chi connectivity index (χ1n) is 14.6. The molecule has 1 unspecified atom stereocenters. The Hall–Kier alpha value is -3.09. The lowest BCUT2D eigenvalue weighted by Crippen LogP contribution is -2.55. The molecule has 0 bridgehead atoms. The summed E-state index contributed by atoms with van der Waals surface area (Å²) in [6.45, 7) is 10.2. The number of hydrogen-bond acceptors (Lipinski definition) is 9. The molecule has 6 heterocycles. The van der Waals surface area contributed by atoms with Crippen molar-refractivity contribution in [3.05, 3.63) is 29.4 Å². The molecule has 13 heteroatoms. The van der Waals surface area contributed by atoms with Gasteiger partial charge in [-0.05, 0) is 65.9 Å². The van der Waals surface area contributed by atoms with Crippen LogP contribution in [0.25, 0.3) is 22.4 Å². The summed E-state index contributed by atoms with van der Waals surface area (Å²) in [5, 5.41) is 7.79. The fourth-order valence-electron chi connectivity index (χ4n) is 6.27. The van der Waals surface area contributed by atoms with E-state index in [4.69, 9.17) is 40.9 Å². The predicted octanol–water partition coefficient (Wildman–Crippen LogP) is 5.28. The van der Waals surface area contributed by atoms with Crippen LogP contribution >= 0.6 is 11.6 Å². The van der Waals surface area contributed by atoms with Crippen LogP contribution in [0.15, 0.2) is 18.5 Å². The number of rotatable bonds is 4. The molecule has 0 aromatic carbocycles. The number of fused-ring (bicyclic) bond motifs is 1. The molecular weight excluding hydrogens is 565 g/mol. The molecule has 1 spiro atoms. The third kappa shape index (κ3) is 5.51. The van der Waals surface area contributed by atoms with E-state index in [1.165, 1.54) is 6.20 Å². The molecule has 1 N–H and O–H groups in total. The second-order valence-electron chi connectivity index (χ2n) is 12.5. The van der Waals surface area contributed by atoms with Crippen LogP contribution in [0.4, 0.5) is 15.0 Å². The minimum atomic E-state index is -0.762. The van der Waals surface area contributed by atoms with Crippen molar-refractivity contribution in [1.29, 1.82) is 0 Å². The average Bonchev–Trinajstić information content (AvgIpc) is 3.48. The summed E-state index contributed by atoms with van der Waals surface area (Å²) in [5.74, 6) is -0.0428. The monoisotopic (exact) mass is 601 g/mol. The number of hydrogen-bond donors (Lipinski definition) is 1. The third-order valence-corrected chi connectivity index (χ3v) is 8.80. The zero-order chi connectivity index (χ0) is 29.6. The highest BCUT2D eigenvalue weighted by molar-refractivity contribution is 6.33. The minimum absolute atomic E-state index is 0.108. The Labute approximate surface area is 249 Å². The molecule has 11 nitrogen and oxygen atoms in total. The number of alkyl carbamates (subject to hydrolysis) is 1. The van der Waals surface area contributed by atoms with E-state index in [0.717, 1.165) is 37.9 Å². The second kappa shape index (κ2) is 11.2. The third-order valence-electron chi connectivity index (χ3n) is 8.44. The lowest BCUT2D eigenvalue weighted by molar-refractivity contribution is -0.0368. The van der Waals surface area contributed by atoms with Crippen molar-refractivity contribution in [3.63, 3.8) is 0 Å². The molecule has 226 valence electrons. The maximum absolute atomic E-state index is 14.3. The zero-order valence-electron chi connectivity index (χ0n) is 24.4. The first-order valence-corrected chi connectivity index (χ1v) is 15.0. The van der Waals surface area contributed by atoms with Gasteiger partial charge in [-0.1, -0.05) is 11.6 Å². The van der Waals surface area contributed by atoms with Gasteiger partial charge in [0.2, 0.25) is 5.95 Å². The Kier molecular flexibility index (Phi) is 7.73. The van der Waals surface area contributed by atoms with Crippen LogP contribution in [0.3, 0.4) is 0 Å². The zero-order valence-corrected chi connectivity index (χ0v) is 25.2. The summed E-state index contributed by atoms with van der Waals surface area (Å²) in [4.78, 5) is 28.3. The molecule has 3 aliphatic heterocycles. The van der Waals surface area contributed by atoms with Crippen molar-refractivity contribution in [2.24, 2.45) is 5.41 Å². The molecule has 1 amide bonds. The van der Waals surface area contributed by atoms with E-state index >= 15 is 0 Å². The summed E-state index contributed by atoms with van der Waals surface area (Å²) in [6.07, 6.45) is 6.65. The number of ether oxygens (including phenoxy) is 3. The Morgan fingerprint density at radius 1 is 1.21 bits per heavy atom. The predicted molar refractivity (Wildman–Crippen MR) is 155 cm³/mol. The number of aromatic nitrogens is 5. The van der Waals surface area contributed by atoms with Crippen molar-refractivity contribution in [1.82, 2.24) is 30.0 Å². The molecule has 0 radical (unpaired) electrons.